The van der Waals surface area contributed by atoms with Crippen LogP contribution >= 0.6 is 11.6 Å². The smallest absolute Gasteiger partial charge is 0.416 e. The number of carbonyl (C=O) groups excluding carboxylic acids is 1. The molecule has 5 rings (SSSR count). The van der Waals surface area contributed by atoms with Crippen molar-refractivity contribution in [3.63, 3.8) is 0 Å². The van der Waals surface area contributed by atoms with Crippen LogP contribution in [0.4, 0.5) is 4.79 Å². The number of nitrogens with zero attached hydrogens (tertiary/aromatic N) is 1. The van der Waals surface area contributed by atoms with Crippen LogP contribution in [-0.4, -0.2) is 29.6 Å². The van der Waals surface area contributed by atoms with Gasteiger partial charge in [-0.15, -0.1) is 0 Å². The molecule has 4 aromatic rings. The molecule has 2 heterocycles. The summed E-state index contributed by atoms with van der Waals surface area (Å²) in [6.07, 6.45) is 0.337. The molecule has 1 aliphatic heterocycles. The topological polar surface area (TPSA) is 54.6 Å². The minimum atomic E-state index is -0.376. The molecule has 0 spiro atoms. The molecule has 1 aliphatic rings. The number of nitrogens with one attached hydrogen (secondary N) is 1. The predicted molar refractivity (Wildman–Crippen MR) is 126 cm³/mol. The number of amides is 1. The van der Waals surface area contributed by atoms with Crippen molar-refractivity contribution in [2.24, 2.45) is 0 Å². The lowest BCUT2D eigenvalue weighted by atomic mass is 9.92. The van der Waals surface area contributed by atoms with Crippen molar-refractivity contribution in [2.45, 2.75) is 19.4 Å². The zero-order valence-corrected chi connectivity index (χ0v) is 18.6. The van der Waals surface area contributed by atoms with Gasteiger partial charge in [-0.2, -0.15) is 0 Å². The molecular formula is C26H23ClN2O3. The van der Waals surface area contributed by atoms with Gasteiger partial charge in [-0.3, -0.25) is 4.90 Å². The molecule has 0 bridgehead atoms. The molecule has 0 radical (unpaired) electrons. The summed E-state index contributed by atoms with van der Waals surface area (Å²) in [5.74, 6) is 1.31. The summed E-state index contributed by atoms with van der Waals surface area (Å²) in [6.45, 7) is 2.51. The Labute approximate surface area is 191 Å². The van der Waals surface area contributed by atoms with Gasteiger partial charge in [0.15, 0.2) is 0 Å². The fourth-order valence-electron chi connectivity index (χ4n) is 4.43. The second-order valence-electron chi connectivity index (χ2n) is 8.01. The zero-order chi connectivity index (χ0) is 22.2. The van der Waals surface area contributed by atoms with Crippen LogP contribution in [0.3, 0.4) is 0 Å². The second kappa shape index (κ2) is 8.24. The monoisotopic (exact) mass is 446 g/mol. The lowest BCUT2D eigenvalue weighted by molar-refractivity contribution is 0.135. The Morgan fingerprint density at radius 1 is 1.06 bits per heavy atom. The van der Waals surface area contributed by atoms with E-state index in [4.69, 9.17) is 21.1 Å². The van der Waals surface area contributed by atoms with Gasteiger partial charge in [-0.25, -0.2) is 4.79 Å². The Hall–Kier alpha value is -3.44. The number of H-pyrrole nitrogens is 1. The van der Waals surface area contributed by atoms with Crippen LogP contribution in [0.25, 0.3) is 10.9 Å². The van der Waals surface area contributed by atoms with Gasteiger partial charge < -0.3 is 14.5 Å². The largest absolute Gasteiger partial charge is 0.497 e. The number of ether oxygens (including phenoxy) is 2. The number of aromatic nitrogens is 1. The van der Waals surface area contributed by atoms with Crippen molar-refractivity contribution in [1.29, 1.82) is 0 Å². The third-order valence-electron chi connectivity index (χ3n) is 5.95. The summed E-state index contributed by atoms with van der Waals surface area (Å²) in [4.78, 5) is 18.6. The van der Waals surface area contributed by atoms with Crippen LogP contribution in [-0.2, 0) is 6.42 Å². The number of aryl methyl sites for hydroxylation is 1. The minimum absolute atomic E-state index is 0.312. The molecule has 1 amide bonds. The van der Waals surface area contributed by atoms with Crippen molar-refractivity contribution in [3.05, 3.63) is 94.1 Å². The molecule has 32 heavy (non-hydrogen) atoms. The quantitative estimate of drug-likeness (QED) is 0.402. The number of hydrogen-bond acceptors (Lipinski definition) is 3. The lowest BCUT2D eigenvalue weighted by Gasteiger charge is -2.35. The molecule has 162 valence electrons. The van der Waals surface area contributed by atoms with E-state index in [1.54, 1.807) is 18.1 Å². The summed E-state index contributed by atoms with van der Waals surface area (Å²) in [7, 11) is 1.64. The Morgan fingerprint density at radius 2 is 1.88 bits per heavy atom. The number of aromatic amines is 1. The van der Waals surface area contributed by atoms with Gasteiger partial charge in [0.25, 0.3) is 0 Å². The molecule has 1 atom stereocenters. The number of hydrogen-bond donors (Lipinski definition) is 1. The van der Waals surface area contributed by atoms with E-state index in [0.717, 1.165) is 33.5 Å². The maximum Gasteiger partial charge on any atom is 0.416 e. The van der Waals surface area contributed by atoms with Gasteiger partial charge in [0.05, 0.1) is 7.11 Å². The minimum Gasteiger partial charge on any atom is -0.497 e. The lowest BCUT2D eigenvalue weighted by Crippen LogP contribution is -2.42. The van der Waals surface area contributed by atoms with Crippen LogP contribution in [0, 0.1) is 6.92 Å². The van der Waals surface area contributed by atoms with Gasteiger partial charge in [-0.1, -0.05) is 35.9 Å². The fourth-order valence-corrected chi connectivity index (χ4v) is 4.60. The first kappa shape index (κ1) is 20.5. The van der Waals surface area contributed by atoms with Gasteiger partial charge >= 0.3 is 6.09 Å². The maximum absolute atomic E-state index is 13.3. The van der Waals surface area contributed by atoms with E-state index in [1.165, 1.54) is 5.56 Å². The standard InChI is InChI=1S/C26H23ClN2O3/c1-16-4-3-5-20(14-16)32-26(30)29-13-12-21-22-15-18(27)8-11-23(22)28-24(21)25(29)17-6-9-19(31-2)10-7-17/h3-11,14-15,25,28H,12-13H2,1-2H3. The van der Waals surface area contributed by atoms with Gasteiger partial charge in [0, 0.05) is 28.2 Å². The molecule has 1 N–H and O–H groups in total. The van der Waals surface area contributed by atoms with Gasteiger partial charge in [-0.05, 0) is 72.5 Å². The summed E-state index contributed by atoms with van der Waals surface area (Å²) >= 11 is 6.27. The number of benzene rings is 3. The number of fused-ring (bicyclic) bond motifs is 3. The first-order valence-corrected chi connectivity index (χ1v) is 10.9. The Kier molecular flexibility index (Phi) is 5.27. The van der Waals surface area contributed by atoms with E-state index in [2.05, 4.69) is 4.98 Å². The molecule has 0 saturated carbocycles. The summed E-state index contributed by atoms with van der Waals surface area (Å²) in [5, 5.41) is 1.79. The van der Waals surface area contributed by atoms with Crippen LogP contribution in [0.5, 0.6) is 11.5 Å². The summed E-state index contributed by atoms with van der Waals surface area (Å²) in [6, 6.07) is 20.8. The van der Waals surface area contributed by atoms with Crippen LogP contribution < -0.4 is 9.47 Å². The number of methoxy groups -OCH3 is 1. The van der Waals surface area contributed by atoms with Crippen LogP contribution in [0.1, 0.15) is 28.4 Å². The van der Waals surface area contributed by atoms with E-state index in [1.807, 2.05) is 67.6 Å². The highest BCUT2D eigenvalue weighted by Crippen LogP contribution is 2.39. The van der Waals surface area contributed by atoms with E-state index in [9.17, 15) is 4.79 Å². The highest BCUT2D eigenvalue weighted by Gasteiger charge is 2.35. The number of carbonyl (C=O) groups is 1. The number of rotatable bonds is 3. The molecule has 1 unspecified atom stereocenters. The number of halogens is 1. The zero-order valence-electron chi connectivity index (χ0n) is 17.9. The first-order valence-electron chi connectivity index (χ1n) is 10.5. The average Bonchev–Trinajstić information content (AvgIpc) is 3.16. The van der Waals surface area contributed by atoms with Crippen molar-refractivity contribution in [1.82, 2.24) is 9.88 Å². The molecule has 0 aliphatic carbocycles. The van der Waals surface area contributed by atoms with Crippen LogP contribution in [0.2, 0.25) is 5.02 Å². The predicted octanol–water partition coefficient (Wildman–Crippen LogP) is 6.28. The second-order valence-corrected chi connectivity index (χ2v) is 8.45. The molecule has 6 heteroatoms. The fraction of sp³-hybridized carbons (Fsp3) is 0.192. The highest BCUT2D eigenvalue weighted by molar-refractivity contribution is 6.31. The summed E-state index contributed by atoms with van der Waals surface area (Å²) < 4.78 is 11.1. The third kappa shape index (κ3) is 3.69. The molecule has 3 aromatic carbocycles. The van der Waals surface area contributed by atoms with E-state index >= 15 is 0 Å². The van der Waals surface area contributed by atoms with Gasteiger partial charge in [0.1, 0.15) is 17.5 Å². The Balaban J connectivity index is 1.58. The normalized spacial score (nSPS) is 15.5. The SMILES string of the molecule is COc1ccc(C2c3[nH]c4ccc(Cl)cc4c3CCN2C(=O)Oc2cccc(C)c2)cc1. The van der Waals surface area contributed by atoms with Gasteiger partial charge in [0.2, 0.25) is 0 Å². The molecule has 5 nitrogen and oxygen atoms in total. The Bertz CT molecular complexity index is 1300. The Morgan fingerprint density at radius 3 is 2.62 bits per heavy atom. The van der Waals surface area contributed by atoms with Crippen molar-refractivity contribution >= 4 is 28.6 Å². The van der Waals surface area contributed by atoms with Crippen molar-refractivity contribution in [2.75, 3.05) is 13.7 Å². The van der Waals surface area contributed by atoms with Crippen LogP contribution in [0.15, 0.2) is 66.7 Å². The van der Waals surface area contributed by atoms with E-state index < -0.39 is 0 Å². The van der Waals surface area contributed by atoms with Crippen molar-refractivity contribution in [3.8, 4) is 11.5 Å². The third-order valence-corrected chi connectivity index (χ3v) is 6.18. The molecule has 0 fully saturated rings. The maximum atomic E-state index is 13.3. The molecule has 0 saturated heterocycles. The molecule has 1 aromatic heterocycles. The summed E-state index contributed by atoms with van der Waals surface area (Å²) in [5.41, 5.74) is 5.19. The molecular weight excluding hydrogens is 424 g/mol. The first-order chi connectivity index (χ1) is 15.5. The van der Waals surface area contributed by atoms with E-state index in [-0.39, 0.29) is 12.1 Å². The van der Waals surface area contributed by atoms with Crippen molar-refractivity contribution < 1.29 is 14.3 Å². The van der Waals surface area contributed by atoms with E-state index in [0.29, 0.717) is 23.7 Å². The average molecular weight is 447 g/mol. The highest BCUT2D eigenvalue weighted by atomic mass is 35.5.